The maximum absolute atomic E-state index is 13.5. The molecule has 1 atom stereocenters. The second-order valence-electron chi connectivity index (χ2n) is 8.82. The molecule has 0 radical (unpaired) electrons. The summed E-state index contributed by atoms with van der Waals surface area (Å²) >= 11 is 6.14. The van der Waals surface area contributed by atoms with Gasteiger partial charge in [-0.05, 0) is 61.6 Å². The van der Waals surface area contributed by atoms with E-state index in [4.69, 9.17) is 16.6 Å². The maximum Gasteiger partial charge on any atom is 0.261 e. The van der Waals surface area contributed by atoms with Crippen molar-refractivity contribution in [2.75, 3.05) is 6.54 Å². The van der Waals surface area contributed by atoms with Gasteiger partial charge in [0.15, 0.2) is 0 Å². The molecule has 3 rings (SSSR count). The number of halogens is 1. The van der Waals surface area contributed by atoms with Crippen LogP contribution in [0.5, 0.6) is 0 Å². The molecule has 32 heavy (non-hydrogen) atoms. The fourth-order valence-corrected chi connectivity index (χ4v) is 4.11. The molecule has 0 saturated carbocycles. The summed E-state index contributed by atoms with van der Waals surface area (Å²) in [6.45, 7) is 8.81. The highest BCUT2D eigenvalue weighted by molar-refractivity contribution is 6.31. The van der Waals surface area contributed by atoms with Crippen LogP contribution in [0.2, 0.25) is 5.02 Å². The van der Waals surface area contributed by atoms with Gasteiger partial charge >= 0.3 is 0 Å². The van der Waals surface area contributed by atoms with Crippen LogP contribution in [-0.4, -0.2) is 26.9 Å². The lowest BCUT2D eigenvalue weighted by Crippen LogP contribution is -2.39. The molecule has 170 valence electrons. The van der Waals surface area contributed by atoms with Gasteiger partial charge in [0.25, 0.3) is 11.5 Å². The van der Waals surface area contributed by atoms with Crippen molar-refractivity contribution in [1.82, 2.24) is 14.5 Å². The zero-order valence-electron chi connectivity index (χ0n) is 19.6. The van der Waals surface area contributed by atoms with Crippen LogP contribution in [0.4, 0.5) is 0 Å². The summed E-state index contributed by atoms with van der Waals surface area (Å²) in [7, 11) is 1.70. The van der Waals surface area contributed by atoms with Gasteiger partial charge in [-0.3, -0.25) is 14.2 Å². The first kappa shape index (κ1) is 24.0. The molecule has 5 nitrogen and oxygen atoms in total. The summed E-state index contributed by atoms with van der Waals surface area (Å²) in [4.78, 5) is 33.0. The second-order valence-corrected chi connectivity index (χ2v) is 9.26. The van der Waals surface area contributed by atoms with Crippen molar-refractivity contribution in [3.05, 3.63) is 74.8 Å². The summed E-state index contributed by atoms with van der Waals surface area (Å²) in [5.41, 5.74) is 2.28. The smallest absolute Gasteiger partial charge is 0.261 e. The Morgan fingerprint density at radius 3 is 2.44 bits per heavy atom. The maximum atomic E-state index is 13.5. The van der Waals surface area contributed by atoms with Gasteiger partial charge in [-0.15, -0.1) is 0 Å². The van der Waals surface area contributed by atoms with Gasteiger partial charge in [0.05, 0.1) is 16.9 Å². The highest BCUT2D eigenvalue weighted by Crippen LogP contribution is 2.24. The average molecular weight is 454 g/mol. The van der Waals surface area contributed by atoms with Crippen molar-refractivity contribution >= 4 is 28.4 Å². The van der Waals surface area contributed by atoms with Crippen LogP contribution in [0, 0.1) is 5.92 Å². The number of carbonyl (C=O) groups is 1. The minimum absolute atomic E-state index is 0.0614. The Hall–Kier alpha value is -2.66. The molecule has 0 aliphatic heterocycles. The molecule has 0 fully saturated rings. The SMILES string of the molecule is CCCCc1ccc(C(=O)N(CC(C)C)C(C)c2nc3cc(Cl)ccc3c(=O)n2C)cc1. The molecule has 1 heterocycles. The van der Waals surface area contributed by atoms with E-state index >= 15 is 0 Å². The van der Waals surface area contributed by atoms with Crippen molar-refractivity contribution < 1.29 is 4.79 Å². The molecule has 6 heteroatoms. The zero-order chi connectivity index (χ0) is 23.4. The first-order valence-electron chi connectivity index (χ1n) is 11.3. The summed E-state index contributed by atoms with van der Waals surface area (Å²) in [5.74, 6) is 0.740. The largest absolute Gasteiger partial charge is 0.328 e. The lowest BCUT2D eigenvalue weighted by Gasteiger charge is -2.31. The van der Waals surface area contributed by atoms with Crippen LogP contribution in [0.3, 0.4) is 0 Å². The third kappa shape index (κ3) is 5.21. The number of fused-ring (bicyclic) bond motifs is 1. The van der Waals surface area contributed by atoms with E-state index in [0.717, 1.165) is 19.3 Å². The molecular weight excluding hydrogens is 422 g/mol. The lowest BCUT2D eigenvalue weighted by atomic mass is 10.0. The lowest BCUT2D eigenvalue weighted by molar-refractivity contribution is 0.0654. The van der Waals surface area contributed by atoms with Gasteiger partial charge in [-0.25, -0.2) is 4.98 Å². The molecule has 0 aliphatic rings. The topological polar surface area (TPSA) is 55.2 Å². The monoisotopic (exact) mass is 453 g/mol. The summed E-state index contributed by atoms with van der Waals surface area (Å²) in [5, 5.41) is 1.03. The summed E-state index contributed by atoms with van der Waals surface area (Å²) in [6, 6.07) is 12.6. The average Bonchev–Trinajstić information content (AvgIpc) is 2.77. The van der Waals surface area contributed by atoms with Crippen LogP contribution in [-0.2, 0) is 13.5 Å². The number of hydrogen-bond acceptors (Lipinski definition) is 3. The van der Waals surface area contributed by atoms with Gasteiger partial charge in [0.2, 0.25) is 0 Å². The van der Waals surface area contributed by atoms with Crippen molar-refractivity contribution in [2.24, 2.45) is 13.0 Å². The van der Waals surface area contributed by atoms with Crippen molar-refractivity contribution in [2.45, 2.75) is 53.0 Å². The van der Waals surface area contributed by atoms with Crippen LogP contribution in [0.15, 0.2) is 47.3 Å². The van der Waals surface area contributed by atoms with Crippen molar-refractivity contribution in [1.29, 1.82) is 0 Å². The van der Waals surface area contributed by atoms with E-state index in [1.807, 2.05) is 36.1 Å². The van der Waals surface area contributed by atoms with E-state index < -0.39 is 0 Å². The minimum Gasteiger partial charge on any atom is -0.328 e. The number of nitrogens with zero attached hydrogens (tertiary/aromatic N) is 3. The van der Waals surface area contributed by atoms with E-state index in [1.54, 1.807) is 25.2 Å². The molecule has 0 bridgehead atoms. The predicted octanol–water partition coefficient (Wildman–Crippen LogP) is 5.79. The molecule has 0 aliphatic carbocycles. The number of aromatic nitrogens is 2. The number of aryl methyl sites for hydroxylation is 1. The van der Waals surface area contributed by atoms with E-state index in [1.165, 1.54) is 10.1 Å². The normalized spacial score (nSPS) is 12.3. The molecule has 0 spiro atoms. The molecule has 1 aromatic heterocycles. The Labute approximate surface area is 195 Å². The third-order valence-corrected chi connectivity index (χ3v) is 5.99. The highest BCUT2D eigenvalue weighted by atomic mass is 35.5. The molecule has 1 amide bonds. The Bertz CT molecular complexity index is 1150. The summed E-state index contributed by atoms with van der Waals surface area (Å²) in [6.07, 6.45) is 3.29. The van der Waals surface area contributed by atoms with Gasteiger partial charge in [-0.2, -0.15) is 0 Å². The minimum atomic E-state index is -0.384. The number of benzene rings is 2. The Balaban J connectivity index is 1.99. The summed E-state index contributed by atoms with van der Waals surface area (Å²) < 4.78 is 1.54. The van der Waals surface area contributed by atoms with Gasteiger partial charge in [0, 0.05) is 24.2 Å². The first-order valence-corrected chi connectivity index (χ1v) is 11.7. The Morgan fingerprint density at radius 1 is 1.12 bits per heavy atom. The number of unbranched alkanes of at least 4 members (excludes halogenated alkanes) is 1. The predicted molar refractivity (Wildman–Crippen MR) is 131 cm³/mol. The van der Waals surface area contributed by atoms with Crippen LogP contribution >= 0.6 is 11.6 Å². The van der Waals surface area contributed by atoms with Crippen molar-refractivity contribution in [3.8, 4) is 0 Å². The number of carbonyl (C=O) groups excluding carboxylic acids is 1. The standard InChI is InChI=1S/C26H32ClN3O2/c1-6-7-8-19-9-11-20(12-10-19)25(31)30(16-17(2)3)18(4)24-28-23-15-21(27)13-14-22(23)26(32)29(24)5/h9-15,17-18H,6-8,16H2,1-5H3. The molecule has 0 saturated heterocycles. The van der Waals surface area contributed by atoms with E-state index in [9.17, 15) is 9.59 Å². The zero-order valence-corrected chi connectivity index (χ0v) is 20.3. The molecule has 1 unspecified atom stereocenters. The van der Waals surface area contributed by atoms with Crippen molar-refractivity contribution in [3.63, 3.8) is 0 Å². The van der Waals surface area contributed by atoms with Crippen LogP contribution < -0.4 is 5.56 Å². The molecular formula is C26H32ClN3O2. The number of amides is 1. The third-order valence-electron chi connectivity index (χ3n) is 5.76. The molecule has 2 aromatic carbocycles. The molecule has 0 N–H and O–H groups in total. The number of hydrogen-bond donors (Lipinski definition) is 0. The van der Waals surface area contributed by atoms with Crippen LogP contribution in [0.1, 0.15) is 68.3 Å². The second kappa shape index (κ2) is 10.3. The van der Waals surface area contributed by atoms with Gasteiger partial charge in [-0.1, -0.05) is 50.9 Å². The Morgan fingerprint density at radius 2 is 1.81 bits per heavy atom. The Kier molecular flexibility index (Phi) is 7.73. The van der Waals surface area contributed by atoms with Gasteiger partial charge < -0.3 is 4.90 Å². The van der Waals surface area contributed by atoms with Gasteiger partial charge in [0.1, 0.15) is 5.82 Å². The highest BCUT2D eigenvalue weighted by Gasteiger charge is 2.27. The fourth-order valence-electron chi connectivity index (χ4n) is 3.95. The van der Waals surface area contributed by atoms with E-state index in [2.05, 4.69) is 20.8 Å². The van der Waals surface area contributed by atoms with Crippen LogP contribution in [0.25, 0.3) is 10.9 Å². The first-order chi connectivity index (χ1) is 15.2. The van der Waals surface area contributed by atoms with E-state index in [0.29, 0.717) is 33.9 Å². The van der Waals surface area contributed by atoms with E-state index in [-0.39, 0.29) is 23.4 Å². The molecule has 3 aromatic rings. The number of rotatable bonds is 8. The quantitative estimate of drug-likeness (QED) is 0.433. The fraction of sp³-hybridized carbons (Fsp3) is 0.423.